The summed E-state index contributed by atoms with van der Waals surface area (Å²) in [6.07, 6.45) is 0. The molecule has 1 aromatic carbocycles. The molecule has 1 aliphatic rings. The lowest BCUT2D eigenvalue weighted by molar-refractivity contribution is -0.117. The van der Waals surface area contributed by atoms with Crippen molar-refractivity contribution in [3.05, 3.63) is 23.8 Å². The number of likely N-dealkylation sites (N-methyl/N-ethyl adjacent to an activating group) is 1. The molecule has 0 saturated heterocycles. The van der Waals surface area contributed by atoms with Crippen LogP contribution in [0, 0.1) is 0 Å². The number of benzene rings is 1. The average Bonchev–Trinajstić information content (AvgIpc) is 2.26. The van der Waals surface area contributed by atoms with Crippen LogP contribution in [0.5, 0.6) is 0 Å². The summed E-state index contributed by atoms with van der Waals surface area (Å²) in [5.41, 5.74) is 8.55. The molecule has 0 saturated carbocycles. The van der Waals surface area contributed by atoms with E-state index in [0.29, 0.717) is 6.54 Å². The molecule has 4 heteroatoms. The van der Waals surface area contributed by atoms with Crippen LogP contribution in [0.25, 0.3) is 0 Å². The summed E-state index contributed by atoms with van der Waals surface area (Å²) in [4.78, 5) is 13.5. The van der Waals surface area contributed by atoms with Gasteiger partial charge in [0, 0.05) is 13.6 Å². The van der Waals surface area contributed by atoms with Crippen LogP contribution >= 0.6 is 0 Å². The predicted molar refractivity (Wildman–Crippen MR) is 60.8 cm³/mol. The Bertz CT molecular complexity index is 403. The van der Waals surface area contributed by atoms with Crippen LogP contribution in [-0.4, -0.2) is 19.0 Å². The Morgan fingerprint density at radius 1 is 1.53 bits per heavy atom. The lowest BCUT2D eigenvalue weighted by atomic mass is 10.1. The van der Waals surface area contributed by atoms with Gasteiger partial charge in [0.05, 0.1) is 11.4 Å². The molecule has 2 rings (SSSR count). The molecule has 0 bridgehead atoms. The van der Waals surface area contributed by atoms with Crippen molar-refractivity contribution in [3.8, 4) is 0 Å². The van der Waals surface area contributed by atoms with Gasteiger partial charge in [-0.1, -0.05) is 6.07 Å². The van der Waals surface area contributed by atoms with E-state index in [0.717, 1.165) is 16.9 Å². The van der Waals surface area contributed by atoms with Crippen molar-refractivity contribution >= 4 is 17.3 Å². The van der Waals surface area contributed by atoms with Crippen molar-refractivity contribution in [1.29, 1.82) is 0 Å². The molecule has 1 unspecified atom stereocenters. The summed E-state index contributed by atoms with van der Waals surface area (Å²) in [7, 11) is 1.92. The first-order valence-electron chi connectivity index (χ1n) is 5.00. The van der Waals surface area contributed by atoms with E-state index in [-0.39, 0.29) is 11.9 Å². The average molecular weight is 205 g/mol. The number of carbonyl (C=O) groups is 1. The van der Waals surface area contributed by atoms with Crippen molar-refractivity contribution in [3.63, 3.8) is 0 Å². The van der Waals surface area contributed by atoms with Crippen molar-refractivity contribution in [2.45, 2.75) is 19.5 Å². The smallest absolute Gasteiger partial charge is 0.246 e. The summed E-state index contributed by atoms with van der Waals surface area (Å²) in [5.74, 6) is 0.0329. The highest BCUT2D eigenvalue weighted by atomic mass is 16.2. The number of amides is 1. The van der Waals surface area contributed by atoms with Crippen LogP contribution in [0.4, 0.5) is 11.4 Å². The molecule has 15 heavy (non-hydrogen) atoms. The van der Waals surface area contributed by atoms with Gasteiger partial charge in [-0.15, -0.1) is 0 Å². The van der Waals surface area contributed by atoms with Crippen molar-refractivity contribution in [2.75, 3.05) is 17.3 Å². The molecule has 0 fully saturated rings. The minimum Gasteiger partial charge on any atom is -0.361 e. The maximum absolute atomic E-state index is 11.5. The molecule has 1 amide bonds. The zero-order chi connectivity index (χ0) is 11.0. The number of carbonyl (C=O) groups excluding carboxylic acids is 1. The lowest BCUT2D eigenvalue weighted by Crippen LogP contribution is -2.43. The maximum atomic E-state index is 11.5. The molecular formula is C11H15N3O. The van der Waals surface area contributed by atoms with Crippen LogP contribution in [0.3, 0.4) is 0 Å². The molecule has 1 aromatic rings. The second-order valence-electron chi connectivity index (χ2n) is 3.83. The van der Waals surface area contributed by atoms with Gasteiger partial charge in [0.2, 0.25) is 5.91 Å². The Morgan fingerprint density at radius 3 is 2.93 bits per heavy atom. The second-order valence-corrected chi connectivity index (χ2v) is 3.83. The minimum atomic E-state index is -0.134. The van der Waals surface area contributed by atoms with Gasteiger partial charge in [-0.2, -0.15) is 0 Å². The van der Waals surface area contributed by atoms with Crippen molar-refractivity contribution < 1.29 is 4.79 Å². The fourth-order valence-corrected chi connectivity index (χ4v) is 1.72. The Balaban J connectivity index is 2.46. The SMILES string of the molecule is CC1C(=O)Nc2ccc(CN)cc2N1C. The normalized spacial score (nSPS) is 19.8. The van der Waals surface area contributed by atoms with Gasteiger partial charge in [0.1, 0.15) is 6.04 Å². The first kappa shape index (κ1) is 9.98. The first-order chi connectivity index (χ1) is 7.13. The van der Waals surface area contributed by atoms with Crippen molar-refractivity contribution in [2.24, 2.45) is 5.73 Å². The van der Waals surface area contributed by atoms with Crippen molar-refractivity contribution in [1.82, 2.24) is 0 Å². The number of rotatable bonds is 1. The molecule has 4 nitrogen and oxygen atoms in total. The van der Waals surface area contributed by atoms with Gasteiger partial charge in [-0.3, -0.25) is 4.79 Å². The number of nitrogens with one attached hydrogen (secondary N) is 1. The summed E-state index contributed by atoms with van der Waals surface area (Å²) < 4.78 is 0. The minimum absolute atomic E-state index is 0.0329. The predicted octanol–water partition coefficient (Wildman–Crippen LogP) is 0.922. The Morgan fingerprint density at radius 2 is 2.27 bits per heavy atom. The second kappa shape index (κ2) is 3.55. The third-order valence-electron chi connectivity index (χ3n) is 2.90. The fraction of sp³-hybridized carbons (Fsp3) is 0.364. The molecule has 0 radical (unpaired) electrons. The van der Waals surface area contributed by atoms with Gasteiger partial charge in [-0.05, 0) is 24.6 Å². The Kier molecular flexibility index (Phi) is 2.36. The Labute approximate surface area is 89.1 Å². The van der Waals surface area contributed by atoms with Crippen LogP contribution in [0.2, 0.25) is 0 Å². The third-order valence-corrected chi connectivity index (χ3v) is 2.90. The van der Waals surface area contributed by atoms with E-state index in [1.807, 2.05) is 37.1 Å². The van der Waals surface area contributed by atoms with Crippen LogP contribution < -0.4 is 16.0 Å². The highest BCUT2D eigenvalue weighted by molar-refractivity contribution is 6.03. The van der Waals surface area contributed by atoms with Gasteiger partial charge in [-0.25, -0.2) is 0 Å². The molecule has 1 atom stereocenters. The number of hydrogen-bond donors (Lipinski definition) is 2. The monoisotopic (exact) mass is 205 g/mol. The van der Waals surface area contributed by atoms with Crippen LogP contribution in [0.1, 0.15) is 12.5 Å². The van der Waals surface area contributed by atoms with E-state index in [4.69, 9.17) is 5.73 Å². The van der Waals surface area contributed by atoms with Gasteiger partial charge in [0.25, 0.3) is 0 Å². The van der Waals surface area contributed by atoms with E-state index in [1.54, 1.807) is 0 Å². The topological polar surface area (TPSA) is 58.4 Å². The van der Waals surface area contributed by atoms with E-state index >= 15 is 0 Å². The summed E-state index contributed by atoms with van der Waals surface area (Å²) in [6.45, 7) is 2.40. The molecule has 1 aliphatic heterocycles. The molecule has 1 heterocycles. The van der Waals surface area contributed by atoms with E-state index in [1.165, 1.54) is 0 Å². The zero-order valence-electron chi connectivity index (χ0n) is 8.95. The number of nitrogens with zero attached hydrogens (tertiary/aromatic N) is 1. The highest BCUT2D eigenvalue weighted by Gasteiger charge is 2.26. The number of fused-ring (bicyclic) bond motifs is 1. The molecule has 0 spiro atoms. The fourth-order valence-electron chi connectivity index (χ4n) is 1.72. The van der Waals surface area contributed by atoms with Gasteiger partial charge in [0.15, 0.2) is 0 Å². The lowest BCUT2D eigenvalue weighted by Gasteiger charge is -2.33. The standard InChI is InChI=1S/C11H15N3O/c1-7-11(15)13-9-4-3-8(6-12)5-10(9)14(7)2/h3-5,7H,6,12H2,1-2H3,(H,13,15). The molecular weight excluding hydrogens is 190 g/mol. The molecule has 0 aliphatic carbocycles. The molecule has 80 valence electrons. The zero-order valence-corrected chi connectivity index (χ0v) is 8.95. The molecule has 0 aromatic heterocycles. The summed E-state index contributed by atoms with van der Waals surface area (Å²) in [6, 6.07) is 5.72. The van der Waals surface area contributed by atoms with Crippen LogP contribution in [-0.2, 0) is 11.3 Å². The Hall–Kier alpha value is -1.55. The van der Waals surface area contributed by atoms with E-state index in [2.05, 4.69) is 5.32 Å². The highest BCUT2D eigenvalue weighted by Crippen LogP contribution is 2.31. The number of anilines is 2. The van der Waals surface area contributed by atoms with Gasteiger partial charge < -0.3 is 16.0 Å². The van der Waals surface area contributed by atoms with E-state index in [9.17, 15) is 4.79 Å². The quantitative estimate of drug-likeness (QED) is 0.716. The maximum Gasteiger partial charge on any atom is 0.246 e. The van der Waals surface area contributed by atoms with Crippen LogP contribution in [0.15, 0.2) is 18.2 Å². The number of nitrogens with two attached hydrogens (primary N) is 1. The summed E-state index contributed by atoms with van der Waals surface area (Å²) in [5, 5.41) is 2.87. The van der Waals surface area contributed by atoms with E-state index < -0.39 is 0 Å². The third kappa shape index (κ3) is 1.57. The van der Waals surface area contributed by atoms with Gasteiger partial charge >= 0.3 is 0 Å². The number of hydrogen-bond acceptors (Lipinski definition) is 3. The molecule has 3 N–H and O–H groups in total. The first-order valence-corrected chi connectivity index (χ1v) is 5.00. The largest absolute Gasteiger partial charge is 0.361 e. The summed E-state index contributed by atoms with van der Waals surface area (Å²) >= 11 is 0.